The molecule has 0 aromatic heterocycles. The number of hydrogen-bond donors (Lipinski definition) is 2. The van der Waals surface area contributed by atoms with Gasteiger partial charge in [-0.15, -0.1) is 0 Å². The second kappa shape index (κ2) is 9.52. The quantitative estimate of drug-likeness (QED) is 0.515. The Kier molecular flexibility index (Phi) is 7.69. The van der Waals surface area contributed by atoms with Gasteiger partial charge in [0.2, 0.25) is 17.6 Å². The van der Waals surface area contributed by atoms with Crippen LogP contribution in [0.25, 0.3) is 0 Å². The molecule has 0 atom stereocenters. The number of ether oxygens (including phenoxy) is 4. The third kappa shape index (κ3) is 5.67. The highest BCUT2D eigenvalue weighted by Gasteiger charge is 2.15. The number of nitrogens with one attached hydrogen (secondary N) is 2. The van der Waals surface area contributed by atoms with Crippen molar-refractivity contribution < 1.29 is 28.5 Å². The molecule has 0 aliphatic heterocycles. The van der Waals surface area contributed by atoms with E-state index in [0.29, 0.717) is 36.1 Å². The van der Waals surface area contributed by atoms with Gasteiger partial charge in [0.05, 0.1) is 27.9 Å². The lowest BCUT2D eigenvalue weighted by Gasteiger charge is -2.14. The Hall–Kier alpha value is -2.48. The van der Waals surface area contributed by atoms with E-state index in [1.54, 1.807) is 12.1 Å². The van der Waals surface area contributed by atoms with E-state index in [0.717, 1.165) is 0 Å². The van der Waals surface area contributed by atoms with E-state index >= 15 is 0 Å². The summed E-state index contributed by atoms with van der Waals surface area (Å²) in [6.07, 6.45) is -0.291. The lowest BCUT2D eigenvalue weighted by Crippen LogP contribution is -2.30. The molecule has 0 aliphatic rings. The molecule has 0 saturated carbocycles. The first-order valence-corrected chi connectivity index (χ1v) is 6.91. The van der Waals surface area contributed by atoms with Gasteiger partial charge in [-0.3, -0.25) is 9.59 Å². The van der Waals surface area contributed by atoms with Gasteiger partial charge in [0.25, 0.3) is 0 Å². The summed E-state index contributed by atoms with van der Waals surface area (Å²) >= 11 is 0. The number of benzene rings is 1. The van der Waals surface area contributed by atoms with Gasteiger partial charge in [-0.2, -0.15) is 0 Å². The number of rotatable bonds is 9. The van der Waals surface area contributed by atoms with Crippen LogP contribution >= 0.6 is 0 Å². The maximum atomic E-state index is 11.9. The number of anilines is 1. The van der Waals surface area contributed by atoms with Crippen LogP contribution in [-0.2, 0) is 14.3 Å². The minimum absolute atomic E-state index is 0.291. The van der Waals surface area contributed by atoms with Gasteiger partial charge in [-0.05, 0) is 0 Å². The van der Waals surface area contributed by atoms with Crippen LogP contribution in [0.15, 0.2) is 12.1 Å². The number of hydrogen-bond acceptors (Lipinski definition) is 6. The normalized spacial score (nSPS) is 9.91. The molecule has 0 radical (unpaired) electrons. The standard InChI is InChI=1S/C15H22N2O6/c1-20-6-5-16-13(18)9-14(19)17-10-7-11(21-2)15(23-4)12(8-10)22-3/h7-8H,5-6,9H2,1-4H3,(H,16,18)(H,17,19). The van der Waals surface area contributed by atoms with Crippen LogP contribution in [0.1, 0.15) is 6.42 Å². The summed E-state index contributed by atoms with van der Waals surface area (Å²) in [7, 11) is 5.98. The average Bonchev–Trinajstić information content (AvgIpc) is 2.53. The molecule has 8 nitrogen and oxygen atoms in total. The first kappa shape index (κ1) is 18.6. The van der Waals surface area contributed by atoms with E-state index in [1.165, 1.54) is 28.4 Å². The Bertz CT molecular complexity index is 522. The van der Waals surface area contributed by atoms with E-state index in [4.69, 9.17) is 18.9 Å². The summed E-state index contributed by atoms with van der Waals surface area (Å²) in [5.41, 5.74) is 0.439. The zero-order chi connectivity index (χ0) is 17.2. The molecular weight excluding hydrogens is 304 g/mol. The topological polar surface area (TPSA) is 95.1 Å². The van der Waals surface area contributed by atoms with Gasteiger partial charge in [0.15, 0.2) is 11.5 Å². The van der Waals surface area contributed by atoms with Crippen molar-refractivity contribution in [3.05, 3.63) is 12.1 Å². The van der Waals surface area contributed by atoms with Crippen LogP contribution in [0.2, 0.25) is 0 Å². The van der Waals surface area contributed by atoms with Crippen molar-refractivity contribution in [2.45, 2.75) is 6.42 Å². The second-order valence-electron chi connectivity index (χ2n) is 4.48. The third-order valence-corrected chi connectivity index (χ3v) is 2.90. The Morgan fingerprint density at radius 2 is 1.57 bits per heavy atom. The predicted molar refractivity (Wildman–Crippen MR) is 84.2 cm³/mol. The van der Waals surface area contributed by atoms with E-state index in [1.807, 2.05) is 0 Å². The maximum absolute atomic E-state index is 11.9. The Balaban J connectivity index is 2.72. The van der Waals surface area contributed by atoms with Crippen LogP contribution in [0.5, 0.6) is 17.2 Å². The van der Waals surface area contributed by atoms with Crippen molar-refractivity contribution in [3.8, 4) is 17.2 Å². The van der Waals surface area contributed by atoms with Crippen molar-refractivity contribution in [2.24, 2.45) is 0 Å². The first-order valence-electron chi connectivity index (χ1n) is 6.91. The fourth-order valence-corrected chi connectivity index (χ4v) is 1.86. The first-order chi connectivity index (χ1) is 11.0. The molecule has 0 spiro atoms. The molecule has 128 valence electrons. The van der Waals surface area contributed by atoms with Gasteiger partial charge < -0.3 is 29.6 Å². The molecule has 2 amide bonds. The molecule has 0 bridgehead atoms. The van der Waals surface area contributed by atoms with E-state index < -0.39 is 5.91 Å². The van der Waals surface area contributed by atoms with E-state index in [-0.39, 0.29) is 12.3 Å². The summed E-state index contributed by atoms with van der Waals surface area (Å²) in [5, 5.41) is 5.19. The summed E-state index contributed by atoms with van der Waals surface area (Å²) in [5.74, 6) is 0.407. The minimum Gasteiger partial charge on any atom is -0.493 e. The molecule has 23 heavy (non-hydrogen) atoms. The lowest BCUT2D eigenvalue weighted by molar-refractivity contribution is -0.126. The minimum atomic E-state index is -0.450. The zero-order valence-corrected chi connectivity index (χ0v) is 13.7. The molecule has 0 unspecified atom stereocenters. The second-order valence-corrected chi connectivity index (χ2v) is 4.48. The summed E-state index contributed by atoms with van der Waals surface area (Å²) in [6.45, 7) is 0.743. The number of amides is 2. The Morgan fingerprint density at radius 1 is 0.957 bits per heavy atom. The van der Waals surface area contributed by atoms with Crippen molar-refractivity contribution >= 4 is 17.5 Å². The molecular formula is C15H22N2O6. The number of methoxy groups -OCH3 is 4. The monoisotopic (exact) mass is 326 g/mol. The van der Waals surface area contributed by atoms with Gasteiger partial charge in [-0.1, -0.05) is 0 Å². The Morgan fingerprint density at radius 3 is 2.04 bits per heavy atom. The highest BCUT2D eigenvalue weighted by molar-refractivity contribution is 6.03. The molecule has 0 saturated heterocycles. The fraction of sp³-hybridized carbons (Fsp3) is 0.467. The van der Waals surface area contributed by atoms with Crippen molar-refractivity contribution in [2.75, 3.05) is 46.9 Å². The molecule has 0 fully saturated rings. The van der Waals surface area contributed by atoms with Crippen LogP contribution in [0.3, 0.4) is 0 Å². The molecule has 1 aromatic rings. The molecule has 1 rings (SSSR count). The van der Waals surface area contributed by atoms with E-state index in [2.05, 4.69) is 10.6 Å². The van der Waals surface area contributed by atoms with Crippen LogP contribution in [-0.4, -0.2) is 53.4 Å². The summed E-state index contributed by atoms with van der Waals surface area (Å²) < 4.78 is 20.4. The number of carbonyl (C=O) groups is 2. The van der Waals surface area contributed by atoms with Crippen LogP contribution < -0.4 is 24.8 Å². The van der Waals surface area contributed by atoms with Gasteiger partial charge >= 0.3 is 0 Å². The highest BCUT2D eigenvalue weighted by Crippen LogP contribution is 2.39. The van der Waals surface area contributed by atoms with Crippen molar-refractivity contribution in [3.63, 3.8) is 0 Å². The number of carbonyl (C=O) groups excluding carboxylic acids is 2. The fourth-order valence-electron chi connectivity index (χ4n) is 1.86. The summed E-state index contributed by atoms with van der Waals surface area (Å²) in [6, 6.07) is 3.17. The SMILES string of the molecule is COCCNC(=O)CC(=O)Nc1cc(OC)c(OC)c(OC)c1. The van der Waals surface area contributed by atoms with Crippen LogP contribution in [0.4, 0.5) is 5.69 Å². The third-order valence-electron chi connectivity index (χ3n) is 2.90. The average molecular weight is 326 g/mol. The molecule has 2 N–H and O–H groups in total. The Labute approximate surface area is 135 Å². The lowest BCUT2D eigenvalue weighted by atomic mass is 10.2. The van der Waals surface area contributed by atoms with Gasteiger partial charge in [0, 0.05) is 31.5 Å². The highest BCUT2D eigenvalue weighted by atomic mass is 16.5. The van der Waals surface area contributed by atoms with Gasteiger partial charge in [-0.25, -0.2) is 0 Å². The predicted octanol–water partition coefficient (Wildman–Crippen LogP) is 0.804. The zero-order valence-electron chi connectivity index (χ0n) is 13.7. The van der Waals surface area contributed by atoms with E-state index in [9.17, 15) is 9.59 Å². The largest absolute Gasteiger partial charge is 0.493 e. The van der Waals surface area contributed by atoms with Gasteiger partial charge in [0.1, 0.15) is 6.42 Å². The van der Waals surface area contributed by atoms with Crippen molar-refractivity contribution in [1.29, 1.82) is 0 Å². The molecule has 1 aromatic carbocycles. The van der Waals surface area contributed by atoms with Crippen LogP contribution in [0, 0.1) is 0 Å². The molecule has 0 aliphatic carbocycles. The summed E-state index contributed by atoms with van der Waals surface area (Å²) in [4.78, 5) is 23.5. The maximum Gasteiger partial charge on any atom is 0.233 e. The smallest absolute Gasteiger partial charge is 0.233 e. The molecule has 8 heteroatoms. The molecule has 0 heterocycles. The van der Waals surface area contributed by atoms with Crippen molar-refractivity contribution in [1.82, 2.24) is 5.32 Å².